The fourth-order valence-corrected chi connectivity index (χ4v) is 0.947. The molecule has 0 saturated carbocycles. The molecule has 1 aliphatic heterocycles. The Bertz CT molecular complexity index is 258. The van der Waals surface area contributed by atoms with Gasteiger partial charge in [0.2, 0.25) is 5.96 Å². The molecule has 0 fully saturated rings. The van der Waals surface area contributed by atoms with Gasteiger partial charge in [-0.1, -0.05) is 15.9 Å². The van der Waals surface area contributed by atoms with E-state index in [-0.39, 0.29) is 17.4 Å². The molecule has 74 valence electrons. The zero-order chi connectivity index (χ0) is 10.1. The molecule has 0 aromatic carbocycles. The highest BCUT2D eigenvalue weighted by Crippen LogP contribution is 2.20. The molecule has 1 aliphatic rings. The summed E-state index contributed by atoms with van der Waals surface area (Å²) < 4.78 is 37.0. The van der Waals surface area contributed by atoms with Crippen molar-refractivity contribution in [1.82, 2.24) is 10.2 Å². The van der Waals surface area contributed by atoms with Gasteiger partial charge >= 0.3 is 6.30 Å². The normalized spacial score (nSPS) is 17.3. The maximum atomic E-state index is 12.1. The lowest BCUT2D eigenvalue weighted by Gasteiger charge is -2.24. The smallest absolute Gasteiger partial charge is 0.332 e. The van der Waals surface area contributed by atoms with Gasteiger partial charge in [-0.05, 0) is 0 Å². The summed E-state index contributed by atoms with van der Waals surface area (Å²) in [6, 6.07) is 0. The fourth-order valence-electron chi connectivity index (χ4n) is 0.708. The van der Waals surface area contributed by atoms with Crippen molar-refractivity contribution in [2.75, 3.05) is 13.6 Å². The molecule has 0 amide bonds. The predicted octanol–water partition coefficient (Wildman–Crippen LogP) is 1.63. The van der Waals surface area contributed by atoms with E-state index in [1.54, 1.807) is 0 Å². The van der Waals surface area contributed by atoms with E-state index in [9.17, 15) is 13.2 Å². The first kappa shape index (κ1) is 10.4. The number of nitrogens with zero attached hydrogens (tertiary/aromatic N) is 2. The standard InChI is InChI=1S/C6H7BrF3N3/c1-13(6(8,9)10)5-11-2-4(7)3-12-5/h2H,3H2,1H3,(H,11,12). The molecule has 0 radical (unpaired) electrons. The van der Waals surface area contributed by atoms with Crippen LogP contribution in [0.3, 0.4) is 0 Å². The van der Waals surface area contributed by atoms with Crippen LogP contribution in [0.5, 0.6) is 0 Å². The van der Waals surface area contributed by atoms with Crippen molar-refractivity contribution >= 4 is 21.9 Å². The van der Waals surface area contributed by atoms with Gasteiger partial charge in [0.1, 0.15) is 0 Å². The van der Waals surface area contributed by atoms with Gasteiger partial charge in [-0.25, -0.2) is 4.99 Å². The maximum absolute atomic E-state index is 12.1. The summed E-state index contributed by atoms with van der Waals surface area (Å²) in [5, 5.41) is 2.42. The van der Waals surface area contributed by atoms with Crippen LogP contribution >= 0.6 is 15.9 Å². The summed E-state index contributed by atoms with van der Waals surface area (Å²) in [5.41, 5.74) is 0. The topological polar surface area (TPSA) is 27.6 Å². The van der Waals surface area contributed by atoms with Gasteiger partial charge in [-0.3, -0.25) is 4.90 Å². The first-order valence-electron chi connectivity index (χ1n) is 3.37. The van der Waals surface area contributed by atoms with Crippen molar-refractivity contribution in [3.8, 4) is 0 Å². The lowest BCUT2D eigenvalue weighted by Crippen LogP contribution is -2.46. The molecule has 1 rings (SSSR count). The second-order valence-corrected chi connectivity index (χ2v) is 3.42. The highest BCUT2D eigenvalue weighted by Gasteiger charge is 2.36. The molecule has 0 aromatic heterocycles. The molecule has 7 heteroatoms. The summed E-state index contributed by atoms with van der Waals surface area (Å²) in [7, 11) is 0.916. The third kappa shape index (κ3) is 2.61. The Balaban J connectivity index is 2.66. The summed E-state index contributed by atoms with van der Waals surface area (Å²) in [5.74, 6) is -0.198. The van der Waals surface area contributed by atoms with Gasteiger partial charge in [-0.2, -0.15) is 0 Å². The lowest BCUT2D eigenvalue weighted by molar-refractivity contribution is -0.210. The Hall–Kier alpha value is -0.720. The zero-order valence-electron chi connectivity index (χ0n) is 6.69. The van der Waals surface area contributed by atoms with Gasteiger partial charge in [-0.15, -0.1) is 13.2 Å². The molecule has 1 heterocycles. The SMILES string of the molecule is CN(C1=NCC(Br)=CN1)C(F)(F)F. The Morgan fingerprint density at radius 3 is 2.62 bits per heavy atom. The molecular weight excluding hydrogens is 251 g/mol. The minimum absolute atomic E-state index is 0.128. The van der Waals surface area contributed by atoms with E-state index >= 15 is 0 Å². The van der Waals surface area contributed by atoms with E-state index in [2.05, 4.69) is 26.2 Å². The molecule has 0 aliphatic carbocycles. The molecule has 0 bridgehead atoms. The highest BCUT2D eigenvalue weighted by atomic mass is 79.9. The summed E-state index contributed by atoms with van der Waals surface area (Å²) in [4.78, 5) is 3.80. The van der Waals surface area contributed by atoms with Crippen LogP contribution in [-0.2, 0) is 0 Å². The van der Waals surface area contributed by atoms with Crippen molar-refractivity contribution in [3.05, 3.63) is 10.7 Å². The average molecular weight is 258 g/mol. The van der Waals surface area contributed by atoms with Crippen LogP contribution in [0.25, 0.3) is 0 Å². The largest absolute Gasteiger partial charge is 0.486 e. The summed E-state index contributed by atoms with van der Waals surface area (Å²) >= 11 is 3.11. The summed E-state index contributed by atoms with van der Waals surface area (Å²) in [6.45, 7) is 0.225. The van der Waals surface area contributed by atoms with E-state index in [4.69, 9.17) is 0 Å². The van der Waals surface area contributed by atoms with Crippen LogP contribution in [0.4, 0.5) is 13.2 Å². The third-order valence-corrected chi connectivity index (χ3v) is 1.92. The lowest BCUT2D eigenvalue weighted by atomic mass is 10.5. The Labute approximate surface area is 81.4 Å². The molecule has 0 atom stereocenters. The van der Waals surface area contributed by atoms with Crippen molar-refractivity contribution < 1.29 is 13.2 Å². The maximum Gasteiger partial charge on any atom is 0.486 e. The number of nitrogens with one attached hydrogen (secondary N) is 1. The van der Waals surface area contributed by atoms with Gasteiger partial charge < -0.3 is 5.32 Å². The van der Waals surface area contributed by atoms with Crippen LogP contribution in [0.2, 0.25) is 0 Å². The van der Waals surface area contributed by atoms with Crippen molar-refractivity contribution in [1.29, 1.82) is 0 Å². The number of rotatable bonds is 0. The summed E-state index contributed by atoms with van der Waals surface area (Å²) in [6.07, 6.45) is -2.96. The molecular formula is C6H7BrF3N3. The second-order valence-electron chi connectivity index (χ2n) is 2.40. The number of alkyl halides is 3. The van der Waals surface area contributed by atoms with E-state index in [0.29, 0.717) is 4.48 Å². The quantitative estimate of drug-likeness (QED) is 0.669. The van der Waals surface area contributed by atoms with Crippen LogP contribution in [0, 0.1) is 0 Å². The first-order valence-corrected chi connectivity index (χ1v) is 4.16. The van der Waals surface area contributed by atoms with E-state index in [1.807, 2.05) is 0 Å². The van der Waals surface area contributed by atoms with E-state index < -0.39 is 6.30 Å². The Morgan fingerprint density at radius 2 is 2.23 bits per heavy atom. The molecule has 13 heavy (non-hydrogen) atoms. The van der Waals surface area contributed by atoms with Crippen molar-refractivity contribution in [2.45, 2.75) is 6.30 Å². The van der Waals surface area contributed by atoms with Crippen molar-refractivity contribution in [3.63, 3.8) is 0 Å². The minimum atomic E-state index is -4.40. The number of guanidine groups is 1. The number of aliphatic imine (C=N–C) groups is 1. The second kappa shape index (κ2) is 3.57. The molecule has 0 spiro atoms. The number of hydrogen-bond donors (Lipinski definition) is 1. The van der Waals surface area contributed by atoms with E-state index in [0.717, 1.165) is 7.05 Å². The third-order valence-electron chi connectivity index (χ3n) is 1.44. The first-order chi connectivity index (χ1) is 5.91. The Kier molecular flexibility index (Phi) is 2.84. The monoisotopic (exact) mass is 257 g/mol. The predicted molar refractivity (Wildman–Crippen MR) is 46.3 cm³/mol. The van der Waals surface area contributed by atoms with Crippen LogP contribution < -0.4 is 5.32 Å². The van der Waals surface area contributed by atoms with Gasteiger partial charge in [0.25, 0.3) is 0 Å². The average Bonchev–Trinajstić information content (AvgIpc) is 2.03. The van der Waals surface area contributed by atoms with E-state index in [1.165, 1.54) is 6.20 Å². The zero-order valence-corrected chi connectivity index (χ0v) is 8.28. The minimum Gasteiger partial charge on any atom is -0.332 e. The van der Waals surface area contributed by atoms with Crippen LogP contribution in [0.15, 0.2) is 15.7 Å². The molecule has 1 N–H and O–H groups in total. The van der Waals surface area contributed by atoms with Gasteiger partial charge in [0.05, 0.1) is 6.54 Å². The van der Waals surface area contributed by atoms with Crippen LogP contribution in [0.1, 0.15) is 0 Å². The molecule has 0 saturated heterocycles. The Morgan fingerprint density at radius 1 is 1.62 bits per heavy atom. The van der Waals surface area contributed by atoms with Gasteiger partial charge in [0, 0.05) is 17.7 Å². The highest BCUT2D eigenvalue weighted by molar-refractivity contribution is 9.11. The van der Waals surface area contributed by atoms with Gasteiger partial charge in [0.15, 0.2) is 0 Å². The van der Waals surface area contributed by atoms with Crippen molar-refractivity contribution in [2.24, 2.45) is 4.99 Å². The molecule has 0 unspecified atom stereocenters. The number of halogens is 4. The molecule has 0 aromatic rings. The number of hydrogen-bond acceptors (Lipinski definition) is 3. The van der Waals surface area contributed by atoms with Crippen LogP contribution in [-0.4, -0.2) is 30.8 Å². The molecule has 3 nitrogen and oxygen atoms in total. The fraction of sp³-hybridized carbons (Fsp3) is 0.500.